The lowest BCUT2D eigenvalue weighted by Crippen LogP contribution is -2.37. The lowest BCUT2D eigenvalue weighted by molar-refractivity contribution is 0.0791. The van der Waals surface area contributed by atoms with Crippen molar-refractivity contribution in [1.29, 1.82) is 0 Å². The van der Waals surface area contributed by atoms with Crippen LogP contribution >= 0.6 is 0 Å². The van der Waals surface area contributed by atoms with Gasteiger partial charge in [0.1, 0.15) is 18.2 Å². The standard InChI is InChI=1S/C16H20N4O3/c1-3-22-13-8-11(5-4-10(13)2)16(21)19-12-6-7-23-14(12)15-17-9-18-20-15/h4-5,8-9,12,14H,3,6-7H2,1-2H3,(H,19,21)(H,17,18,20)/t12-,14+/m0/s1. The number of carbonyl (C=O) groups excluding carboxylic acids is 1. The zero-order chi connectivity index (χ0) is 16.2. The van der Waals surface area contributed by atoms with E-state index in [1.807, 2.05) is 19.9 Å². The minimum atomic E-state index is -0.293. The summed E-state index contributed by atoms with van der Waals surface area (Å²) in [5, 5.41) is 9.65. The van der Waals surface area contributed by atoms with E-state index in [0.29, 0.717) is 24.6 Å². The summed E-state index contributed by atoms with van der Waals surface area (Å²) in [5.41, 5.74) is 1.58. The van der Waals surface area contributed by atoms with Gasteiger partial charge in [0.15, 0.2) is 5.82 Å². The molecule has 3 rings (SSSR count). The zero-order valence-corrected chi connectivity index (χ0v) is 13.2. The molecule has 23 heavy (non-hydrogen) atoms. The smallest absolute Gasteiger partial charge is 0.251 e. The molecule has 7 heteroatoms. The van der Waals surface area contributed by atoms with Crippen molar-refractivity contribution in [2.75, 3.05) is 13.2 Å². The number of nitrogens with zero attached hydrogens (tertiary/aromatic N) is 2. The number of carbonyl (C=O) groups is 1. The molecule has 2 atom stereocenters. The second kappa shape index (κ2) is 6.78. The molecule has 2 N–H and O–H groups in total. The lowest BCUT2D eigenvalue weighted by Gasteiger charge is -2.18. The number of hydrogen-bond acceptors (Lipinski definition) is 5. The number of rotatable bonds is 5. The summed E-state index contributed by atoms with van der Waals surface area (Å²) in [4.78, 5) is 16.6. The fourth-order valence-electron chi connectivity index (χ4n) is 2.66. The largest absolute Gasteiger partial charge is 0.494 e. The van der Waals surface area contributed by atoms with Crippen molar-refractivity contribution >= 4 is 5.91 Å². The normalized spacial score (nSPS) is 20.4. The van der Waals surface area contributed by atoms with Crippen LogP contribution in [0.4, 0.5) is 0 Å². The third-order valence-electron chi connectivity index (χ3n) is 3.86. The maximum Gasteiger partial charge on any atom is 0.251 e. The van der Waals surface area contributed by atoms with Crippen molar-refractivity contribution in [3.05, 3.63) is 41.5 Å². The average Bonchev–Trinajstić information content (AvgIpc) is 3.20. The molecule has 0 unspecified atom stereocenters. The van der Waals surface area contributed by atoms with E-state index in [1.165, 1.54) is 6.33 Å². The van der Waals surface area contributed by atoms with E-state index in [9.17, 15) is 4.79 Å². The van der Waals surface area contributed by atoms with E-state index in [2.05, 4.69) is 20.5 Å². The average molecular weight is 316 g/mol. The van der Waals surface area contributed by atoms with Crippen molar-refractivity contribution in [3.63, 3.8) is 0 Å². The van der Waals surface area contributed by atoms with E-state index < -0.39 is 0 Å². The minimum absolute atomic E-state index is 0.132. The summed E-state index contributed by atoms with van der Waals surface area (Å²) in [5.74, 6) is 1.22. The summed E-state index contributed by atoms with van der Waals surface area (Å²) in [6.45, 7) is 5.02. The SMILES string of the molecule is CCOc1cc(C(=O)N[C@H]2CCO[C@H]2c2ncn[nH]2)ccc1C. The molecule has 1 saturated heterocycles. The first-order valence-electron chi connectivity index (χ1n) is 7.70. The maximum absolute atomic E-state index is 12.5. The molecule has 1 fully saturated rings. The Bertz CT molecular complexity index is 672. The molecule has 1 aliphatic heterocycles. The second-order valence-corrected chi connectivity index (χ2v) is 5.44. The number of nitrogens with one attached hydrogen (secondary N) is 2. The molecule has 122 valence electrons. The monoisotopic (exact) mass is 316 g/mol. The van der Waals surface area contributed by atoms with Crippen molar-refractivity contribution < 1.29 is 14.3 Å². The third kappa shape index (κ3) is 3.34. The highest BCUT2D eigenvalue weighted by molar-refractivity contribution is 5.95. The van der Waals surface area contributed by atoms with Crippen LogP contribution in [0.25, 0.3) is 0 Å². The van der Waals surface area contributed by atoms with Gasteiger partial charge in [-0.05, 0) is 38.0 Å². The van der Waals surface area contributed by atoms with Crippen LogP contribution in [0.2, 0.25) is 0 Å². The van der Waals surface area contributed by atoms with Crippen LogP contribution in [0, 0.1) is 6.92 Å². The summed E-state index contributed by atoms with van der Waals surface area (Å²) in [6.07, 6.45) is 1.88. The van der Waals surface area contributed by atoms with Gasteiger partial charge in [0.2, 0.25) is 0 Å². The summed E-state index contributed by atoms with van der Waals surface area (Å²) >= 11 is 0. The summed E-state index contributed by atoms with van der Waals surface area (Å²) in [7, 11) is 0. The van der Waals surface area contributed by atoms with Crippen molar-refractivity contribution in [2.45, 2.75) is 32.4 Å². The molecule has 2 aromatic rings. The van der Waals surface area contributed by atoms with E-state index >= 15 is 0 Å². The molecule has 0 radical (unpaired) electrons. The molecule has 1 aromatic carbocycles. The second-order valence-electron chi connectivity index (χ2n) is 5.44. The first-order chi connectivity index (χ1) is 11.2. The molecule has 1 amide bonds. The van der Waals surface area contributed by atoms with Gasteiger partial charge in [0.05, 0.1) is 12.6 Å². The zero-order valence-electron chi connectivity index (χ0n) is 13.2. The van der Waals surface area contributed by atoms with Crippen LogP contribution in [-0.4, -0.2) is 40.3 Å². The van der Waals surface area contributed by atoms with Gasteiger partial charge < -0.3 is 14.8 Å². The van der Waals surface area contributed by atoms with Crippen LogP contribution in [0.15, 0.2) is 24.5 Å². The Morgan fingerprint density at radius 1 is 1.52 bits per heavy atom. The first-order valence-corrected chi connectivity index (χ1v) is 7.70. The van der Waals surface area contributed by atoms with E-state index in [4.69, 9.17) is 9.47 Å². The molecule has 0 bridgehead atoms. The Hall–Kier alpha value is -2.41. The first kappa shape index (κ1) is 15.5. The molecule has 0 saturated carbocycles. The van der Waals surface area contributed by atoms with Crippen LogP contribution in [0.3, 0.4) is 0 Å². The van der Waals surface area contributed by atoms with E-state index in [1.54, 1.807) is 12.1 Å². The van der Waals surface area contributed by atoms with Gasteiger partial charge in [-0.15, -0.1) is 0 Å². The highest BCUT2D eigenvalue weighted by Crippen LogP contribution is 2.27. The van der Waals surface area contributed by atoms with E-state index in [0.717, 1.165) is 17.7 Å². The number of aromatic nitrogens is 3. The van der Waals surface area contributed by atoms with Gasteiger partial charge >= 0.3 is 0 Å². The van der Waals surface area contributed by atoms with Crippen LogP contribution in [-0.2, 0) is 4.74 Å². The Morgan fingerprint density at radius 3 is 3.13 bits per heavy atom. The number of hydrogen-bond donors (Lipinski definition) is 2. The quantitative estimate of drug-likeness (QED) is 0.877. The van der Waals surface area contributed by atoms with Gasteiger partial charge in [0, 0.05) is 12.2 Å². The number of aryl methyl sites for hydroxylation is 1. The minimum Gasteiger partial charge on any atom is -0.494 e. The van der Waals surface area contributed by atoms with Crippen molar-refractivity contribution in [3.8, 4) is 5.75 Å². The number of aromatic amines is 1. The number of H-pyrrole nitrogens is 1. The molecule has 0 spiro atoms. The highest BCUT2D eigenvalue weighted by atomic mass is 16.5. The predicted octanol–water partition coefficient (Wildman–Crippen LogP) is 1.77. The molecule has 1 aliphatic rings. The summed E-state index contributed by atoms with van der Waals surface area (Å²) in [6, 6.07) is 5.33. The Morgan fingerprint density at radius 2 is 2.39 bits per heavy atom. The Kier molecular flexibility index (Phi) is 4.57. The number of amides is 1. The van der Waals surface area contributed by atoms with Crippen molar-refractivity contribution in [1.82, 2.24) is 20.5 Å². The molecule has 0 aliphatic carbocycles. The number of ether oxygens (including phenoxy) is 2. The lowest BCUT2D eigenvalue weighted by atomic mass is 10.1. The molecule has 2 heterocycles. The Balaban J connectivity index is 1.72. The Labute approximate surface area is 134 Å². The predicted molar refractivity (Wildman–Crippen MR) is 83.3 cm³/mol. The fraction of sp³-hybridized carbons (Fsp3) is 0.438. The molecular formula is C16H20N4O3. The fourth-order valence-corrected chi connectivity index (χ4v) is 2.66. The topological polar surface area (TPSA) is 89.1 Å². The molecule has 7 nitrogen and oxygen atoms in total. The molecule has 1 aromatic heterocycles. The van der Waals surface area contributed by atoms with Crippen LogP contribution in [0.5, 0.6) is 5.75 Å². The van der Waals surface area contributed by atoms with Gasteiger partial charge in [-0.25, -0.2) is 4.98 Å². The van der Waals surface area contributed by atoms with E-state index in [-0.39, 0.29) is 18.1 Å². The molecular weight excluding hydrogens is 296 g/mol. The maximum atomic E-state index is 12.5. The van der Waals surface area contributed by atoms with Crippen LogP contribution < -0.4 is 10.1 Å². The van der Waals surface area contributed by atoms with Gasteiger partial charge in [-0.3, -0.25) is 9.89 Å². The third-order valence-corrected chi connectivity index (χ3v) is 3.86. The van der Waals surface area contributed by atoms with Crippen molar-refractivity contribution in [2.24, 2.45) is 0 Å². The van der Waals surface area contributed by atoms with Gasteiger partial charge in [-0.2, -0.15) is 5.10 Å². The van der Waals surface area contributed by atoms with Crippen LogP contribution in [0.1, 0.15) is 41.2 Å². The summed E-state index contributed by atoms with van der Waals surface area (Å²) < 4.78 is 11.2. The van der Waals surface area contributed by atoms with Gasteiger partial charge in [0.25, 0.3) is 5.91 Å². The highest BCUT2D eigenvalue weighted by Gasteiger charge is 2.33. The number of benzene rings is 1. The van der Waals surface area contributed by atoms with Gasteiger partial charge in [-0.1, -0.05) is 6.07 Å².